The van der Waals surface area contributed by atoms with Gasteiger partial charge in [0.25, 0.3) is 0 Å². The second-order valence-corrected chi connectivity index (χ2v) is 2.80. The highest BCUT2D eigenvalue weighted by atomic mass is 16.6. The SMILES string of the molecule is CCCOC(=O)CC1OC1C. The van der Waals surface area contributed by atoms with E-state index in [4.69, 9.17) is 9.47 Å². The van der Waals surface area contributed by atoms with E-state index in [0.29, 0.717) is 13.0 Å². The molecule has 64 valence electrons. The number of ether oxygens (including phenoxy) is 2. The lowest BCUT2D eigenvalue weighted by Crippen LogP contribution is -2.08. The van der Waals surface area contributed by atoms with Gasteiger partial charge in [0.15, 0.2) is 0 Å². The van der Waals surface area contributed by atoms with Crippen molar-refractivity contribution >= 4 is 5.97 Å². The molecule has 1 aliphatic heterocycles. The summed E-state index contributed by atoms with van der Waals surface area (Å²) in [5, 5.41) is 0. The van der Waals surface area contributed by atoms with Crippen LogP contribution in [0.2, 0.25) is 0 Å². The van der Waals surface area contributed by atoms with Crippen molar-refractivity contribution < 1.29 is 14.3 Å². The van der Waals surface area contributed by atoms with Crippen molar-refractivity contribution in [3.63, 3.8) is 0 Å². The third-order valence-electron chi connectivity index (χ3n) is 1.67. The average molecular weight is 158 g/mol. The minimum Gasteiger partial charge on any atom is -0.466 e. The van der Waals surface area contributed by atoms with E-state index < -0.39 is 0 Å². The zero-order valence-corrected chi connectivity index (χ0v) is 7.00. The van der Waals surface area contributed by atoms with Crippen LogP contribution < -0.4 is 0 Å². The van der Waals surface area contributed by atoms with E-state index in [2.05, 4.69) is 0 Å². The van der Waals surface area contributed by atoms with Gasteiger partial charge in [0.2, 0.25) is 0 Å². The molecule has 0 bridgehead atoms. The van der Waals surface area contributed by atoms with E-state index in [1.807, 2.05) is 13.8 Å². The van der Waals surface area contributed by atoms with Crippen molar-refractivity contribution in [2.24, 2.45) is 0 Å². The zero-order chi connectivity index (χ0) is 8.27. The molecule has 1 heterocycles. The van der Waals surface area contributed by atoms with Crippen LogP contribution >= 0.6 is 0 Å². The largest absolute Gasteiger partial charge is 0.466 e. The molecular weight excluding hydrogens is 144 g/mol. The molecule has 1 fully saturated rings. The molecule has 0 saturated carbocycles. The van der Waals surface area contributed by atoms with Crippen LogP contribution in [0.4, 0.5) is 0 Å². The van der Waals surface area contributed by atoms with Gasteiger partial charge in [-0.2, -0.15) is 0 Å². The summed E-state index contributed by atoms with van der Waals surface area (Å²) in [5.41, 5.74) is 0. The van der Waals surface area contributed by atoms with Crippen LogP contribution in [-0.2, 0) is 14.3 Å². The number of epoxide rings is 1. The van der Waals surface area contributed by atoms with Crippen LogP contribution in [0, 0.1) is 0 Å². The highest BCUT2D eigenvalue weighted by Crippen LogP contribution is 2.24. The van der Waals surface area contributed by atoms with Crippen LogP contribution in [0.25, 0.3) is 0 Å². The van der Waals surface area contributed by atoms with Crippen LogP contribution in [0.3, 0.4) is 0 Å². The Labute approximate surface area is 66.7 Å². The topological polar surface area (TPSA) is 38.8 Å². The molecule has 0 spiro atoms. The number of rotatable bonds is 4. The molecule has 0 amide bonds. The molecule has 11 heavy (non-hydrogen) atoms. The van der Waals surface area contributed by atoms with Crippen molar-refractivity contribution in [3.8, 4) is 0 Å². The third-order valence-corrected chi connectivity index (χ3v) is 1.67. The molecule has 0 aromatic carbocycles. The predicted molar refractivity (Wildman–Crippen MR) is 40.2 cm³/mol. The van der Waals surface area contributed by atoms with E-state index in [0.717, 1.165) is 6.42 Å². The quantitative estimate of drug-likeness (QED) is 0.454. The Morgan fingerprint density at radius 3 is 2.73 bits per heavy atom. The Kier molecular flexibility index (Phi) is 2.88. The van der Waals surface area contributed by atoms with Crippen molar-refractivity contribution in [1.82, 2.24) is 0 Å². The first-order valence-corrected chi connectivity index (χ1v) is 4.05. The van der Waals surface area contributed by atoms with Gasteiger partial charge < -0.3 is 9.47 Å². The van der Waals surface area contributed by atoms with Gasteiger partial charge in [-0.15, -0.1) is 0 Å². The van der Waals surface area contributed by atoms with Gasteiger partial charge in [-0.1, -0.05) is 6.92 Å². The second-order valence-electron chi connectivity index (χ2n) is 2.80. The maximum Gasteiger partial charge on any atom is 0.308 e. The first-order chi connectivity index (χ1) is 5.24. The van der Waals surface area contributed by atoms with E-state index >= 15 is 0 Å². The lowest BCUT2D eigenvalue weighted by molar-refractivity contribution is -0.144. The summed E-state index contributed by atoms with van der Waals surface area (Å²) in [4.78, 5) is 10.9. The summed E-state index contributed by atoms with van der Waals surface area (Å²) in [5.74, 6) is -0.138. The summed E-state index contributed by atoms with van der Waals surface area (Å²) >= 11 is 0. The fourth-order valence-electron chi connectivity index (χ4n) is 0.884. The number of hydrogen-bond donors (Lipinski definition) is 0. The minimum atomic E-state index is -0.138. The molecule has 0 aliphatic carbocycles. The Hall–Kier alpha value is -0.570. The van der Waals surface area contributed by atoms with Crippen LogP contribution in [0.1, 0.15) is 26.7 Å². The number of hydrogen-bond acceptors (Lipinski definition) is 3. The first kappa shape index (κ1) is 8.53. The van der Waals surface area contributed by atoms with Gasteiger partial charge in [0.1, 0.15) is 0 Å². The highest BCUT2D eigenvalue weighted by molar-refractivity contribution is 5.70. The second kappa shape index (κ2) is 3.72. The Morgan fingerprint density at radius 1 is 1.64 bits per heavy atom. The lowest BCUT2D eigenvalue weighted by atomic mass is 10.2. The van der Waals surface area contributed by atoms with Crippen molar-refractivity contribution in [1.29, 1.82) is 0 Å². The molecule has 0 N–H and O–H groups in total. The average Bonchev–Trinajstić information content (AvgIpc) is 2.62. The molecule has 0 aromatic heterocycles. The van der Waals surface area contributed by atoms with Crippen LogP contribution in [0.15, 0.2) is 0 Å². The standard InChI is InChI=1S/C8H14O3/c1-3-4-10-8(9)5-7-6(2)11-7/h6-7H,3-5H2,1-2H3. The summed E-state index contributed by atoms with van der Waals surface area (Å²) in [6.45, 7) is 4.46. The Balaban J connectivity index is 2.02. The Bertz CT molecular complexity index is 144. The molecule has 1 rings (SSSR count). The summed E-state index contributed by atoms with van der Waals surface area (Å²) in [6, 6.07) is 0. The van der Waals surface area contributed by atoms with Gasteiger partial charge in [-0.3, -0.25) is 4.79 Å². The molecule has 3 heteroatoms. The zero-order valence-electron chi connectivity index (χ0n) is 7.00. The molecule has 1 saturated heterocycles. The van der Waals surface area contributed by atoms with Crippen molar-refractivity contribution in [2.45, 2.75) is 38.9 Å². The van der Waals surface area contributed by atoms with E-state index in [1.165, 1.54) is 0 Å². The fourth-order valence-corrected chi connectivity index (χ4v) is 0.884. The molecular formula is C8H14O3. The summed E-state index contributed by atoms with van der Waals surface area (Å²) < 4.78 is 9.94. The Morgan fingerprint density at radius 2 is 2.27 bits per heavy atom. The monoisotopic (exact) mass is 158 g/mol. The van der Waals surface area contributed by atoms with E-state index in [1.54, 1.807) is 0 Å². The van der Waals surface area contributed by atoms with E-state index in [9.17, 15) is 4.79 Å². The molecule has 0 radical (unpaired) electrons. The van der Waals surface area contributed by atoms with Gasteiger partial charge >= 0.3 is 5.97 Å². The number of carbonyl (C=O) groups is 1. The maximum absolute atomic E-state index is 10.9. The molecule has 2 atom stereocenters. The molecule has 0 aromatic rings. The molecule has 1 aliphatic rings. The van der Waals surface area contributed by atoms with Crippen molar-refractivity contribution in [2.75, 3.05) is 6.61 Å². The summed E-state index contributed by atoms with van der Waals surface area (Å²) in [6.07, 6.45) is 1.68. The minimum absolute atomic E-state index is 0.124. The van der Waals surface area contributed by atoms with Crippen LogP contribution in [-0.4, -0.2) is 24.8 Å². The number of esters is 1. The van der Waals surface area contributed by atoms with Gasteiger partial charge in [-0.05, 0) is 13.3 Å². The number of carbonyl (C=O) groups excluding carboxylic acids is 1. The lowest BCUT2D eigenvalue weighted by Gasteiger charge is -1.99. The molecule has 3 nitrogen and oxygen atoms in total. The van der Waals surface area contributed by atoms with Gasteiger partial charge in [0.05, 0.1) is 25.2 Å². The van der Waals surface area contributed by atoms with E-state index in [-0.39, 0.29) is 18.2 Å². The summed E-state index contributed by atoms with van der Waals surface area (Å²) in [7, 11) is 0. The first-order valence-electron chi connectivity index (χ1n) is 4.05. The smallest absolute Gasteiger partial charge is 0.308 e. The normalized spacial score (nSPS) is 28.2. The maximum atomic E-state index is 10.9. The predicted octanol–water partition coefficient (Wildman–Crippen LogP) is 1.12. The van der Waals surface area contributed by atoms with Gasteiger partial charge in [-0.25, -0.2) is 0 Å². The highest BCUT2D eigenvalue weighted by Gasteiger charge is 2.36. The molecule has 2 unspecified atom stereocenters. The van der Waals surface area contributed by atoms with Crippen molar-refractivity contribution in [3.05, 3.63) is 0 Å². The fraction of sp³-hybridized carbons (Fsp3) is 0.875. The van der Waals surface area contributed by atoms with Gasteiger partial charge in [0, 0.05) is 0 Å². The third kappa shape index (κ3) is 2.89. The van der Waals surface area contributed by atoms with Crippen LogP contribution in [0.5, 0.6) is 0 Å².